The van der Waals surface area contributed by atoms with Crippen LogP contribution in [0, 0.1) is 5.82 Å². The van der Waals surface area contributed by atoms with Crippen LogP contribution in [0.5, 0.6) is 5.75 Å². The lowest BCUT2D eigenvalue weighted by Crippen LogP contribution is -2.42. The molecular formula is C23H27FN2O7S. The minimum absolute atomic E-state index is 0.00393. The normalized spacial score (nSPS) is 18.2. The smallest absolute Gasteiger partial charge is 0.329 e. The standard InChI is InChI=1S/C23H27FN2O7S/c1-25(2)34(30,31)19-9-7-18(8-10-19)32-11-12-33-23(29)21-14-17(27)15-26(21)22(28)13-16-5-3-4-6-20(16)24/h3-10,17,21,27H,11-15H2,1-2H3. The predicted octanol–water partition coefficient (Wildman–Crippen LogP) is 1.20. The first-order chi connectivity index (χ1) is 16.1. The van der Waals surface area contributed by atoms with Gasteiger partial charge in [-0.05, 0) is 35.9 Å². The van der Waals surface area contributed by atoms with E-state index in [9.17, 15) is 27.5 Å². The number of β-amino-alcohol motifs (C(OH)–C–C–N with tert-alkyl or cyclic N) is 1. The molecule has 2 unspecified atom stereocenters. The van der Waals surface area contributed by atoms with Crippen LogP contribution < -0.4 is 4.74 Å². The van der Waals surface area contributed by atoms with Gasteiger partial charge in [-0.15, -0.1) is 0 Å². The Balaban J connectivity index is 1.50. The Labute approximate surface area is 197 Å². The van der Waals surface area contributed by atoms with E-state index in [2.05, 4.69) is 0 Å². The largest absolute Gasteiger partial charge is 0.490 e. The summed E-state index contributed by atoms with van der Waals surface area (Å²) in [5.41, 5.74) is 0.207. The summed E-state index contributed by atoms with van der Waals surface area (Å²) in [7, 11) is -0.671. The summed E-state index contributed by atoms with van der Waals surface area (Å²) in [4.78, 5) is 26.5. The predicted molar refractivity (Wildman–Crippen MR) is 120 cm³/mol. The van der Waals surface area contributed by atoms with E-state index in [-0.39, 0.29) is 43.1 Å². The first-order valence-electron chi connectivity index (χ1n) is 10.6. The Bertz CT molecular complexity index is 1120. The SMILES string of the molecule is CN(C)S(=O)(=O)c1ccc(OCCOC(=O)C2CC(O)CN2C(=O)Cc2ccccc2F)cc1. The highest BCUT2D eigenvalue weighted by Gasteiger charge is 2.39. The van der Waals surface area contributed by atoms with Crippen LogP contribution in [-0.2, 0) is 30.8 Å². The molecule has 1 heterocycles. The molecular weight excluding hydrogens is 467 g/mol. The molecule has 0 bridgehead atoms. The molecule has 0 aliphatic carbocycles. The summed E-state index contributed by atoms with van der Waals surface area (Å²) >= 11 is 0. The van der Waals surface area contributed by atoms with Crippen LogP contribution in [0.4, 0.5) is 4.39 Å². The highest BCUT2D eigenvalue weighted by molar-refractivity contribution is 7.89. The maximum Gasteiger partial charge on any atom is 0.329 e. The highest BCUT2D eigenvalue weighted by atomic mass is 32.2. The molecule has 2 atom stereocenters. The number of carbonyl (C=O) groups is 2. The summed E-state index contributed by atoms with van der Waals surface area (Å²) in [6, 6.07) is 10.7. The minimum Gasteiger partial charge on any atom is -0.490 e. The van der Waals surface area contributed by atoms with Crippen molar-refractivity contribution in [1.29, 1.82) is 0 Å². The zero-order valence-corrected chi connectivity index (χ0v) is 19.7. The van der Waals surface area contributed by atoms with Crippen LogP contribution in [0.3, 0.4) is 0 Å². The van der Waals surface area contributed by atoms with Gasteiger partial charge in [0.05, 0.1) is 17.4 Å². The molecule has 0 saturated carbocycles. The van der Waals surface area contributed by atoms with E-state index in [4.69, 9.17) is 9.47 Å². The van der Waals surface area contributed by atoms with Crippen molar-refractivity contribution in [3.8, 4) is 5.75 Å². The number of likely N-dealkylation sites (tertiary alicyclic amines) is 1. The van der Waals surface area contributed by atoms with Gasteiger partial charge in [-0.1, -0.05) is 18.2 Å². The lowest BCUT2D eigenvalue weighted by atomic mass is 10.1. The van der Waals surface area contributed by atoms with Crippen LogP contribution in [0.1, 0.15) is 12.0 Å². The maximum atomic E-state index is 13.9. The van der Waals surface area contributed by atoms with Gasteiger partial charge < -0.3 is 19.5 Å². The van der Waals surface area contributed by atoms with Gasteiger partial charge in [0, 0.05) is 27.1 Å². The fourth-order valence-electron chi connectivity index (χ4n) is 3.54. The van der Waals surface area contributed by atoms with Gasteiger partial charge in [0.2, 0.25) is 15.9 Å². The molecule has 1 saturated heterocycles. The van der Waals surface area contributed by atoms with Crippen molar-refractivity contribution in [2.45, 2.75) is 29.9 Å². The number of aliphatic hydroxyl groups excluding tert-OH is 1. The average molecular weight is 495 g/mol. The van der Waals surface area contributed by atoms with Gasteiger partial charge in [0.15, 0.2) is 0 Å². The third-order valence-corrected chi connectivity index (χ3v) is 7.20. The third kappa shape index (κ3) is 6.10. The van der Waals surface area contributed by atoms with Gasteiger partial charge >= 0.3 is 5.97 Å². The average Bonchev–Trinajstić information content (AvgIpc) is 3.20. The molecule has 2 aromatic rings. The van der Waals surface area contributed by atoms with Crippen LogP contribution in [0.2, 0.25) is 0 Å². The second-order valence-corrected chi connectivity index (χ2v) is 10.1. The second kappa shape index (κ2) is 10.9. The first-order valence-corrected chi connectivity index (χ1v) is 12.1. The molecule has 11 heteroatoms. The van der Waals surface area contributed by atoms with Crippen molar-refractivity contribution in [2.24, 2.45) is 0 Å². The Morgan fingerprint density at radius 1 is 1.12 bits per heavy atom. The molecule has 0 aromatic heterocycles. The third-order valence-electron chi connectivity index (χ3n) is 5.37. The van der Waals surface area contributed by atoms with E-state index in [0.717, 1.165) is 4.31 Å². The monoisotopic (exact) mass is 494 g/mol. The lowest BCUT2D eigenvalue weighted by molar-refractivity contribution is -0.153. The molecule has 3 rings (SSSR count). The fourth-order valence-corrected chi connectivity index (χ4v) is 4.44. The van der Waals surface area contributed by atoms with E-state index >= 15 is 0 Å². The number of ether oxygens (including phenoxy) is 2. The van der Waals surface area contributed by atoms with Crippen molar-refractivity contribution in [2.75, 3.05) is 33.9 Å². The number of aliphatic hydroxyl groups is 1. The number of hydrogen-bond donors (Lipinski definition) is 1. The minimum atomic E-state index is -3.54. The van der Waals surface area contributed by atoms with E-state index < -0.39 is 39.9 Å². The summed E-state index contributed by atoms with van der Waals surface area (Å²) in [5.74, 6) is -1.28. The Hall–Kier alpha value is -3.02. The van der Waals surface area contributed by atoms with Gasteiger partial charge in [-0.25, -0.2) is 21.9 Å². The molecule has 34 heavy (non-hydrogen) atoms. The number of benzene rings is 2. The summed E-state index contributed by atoms with van der Waals surface area (Å²) in [6.07, 6.45) is -1.08. The number of hydrogen-bond acceptors (Lipinski definition) is 7. The van der Waals surface area contributed by atoms with Crippen molar-refractivity contribution in [3.05, 3.63) is 59.9 Å². The molecule has 9 nitrogen and oxygen atoms in total. The van der Waals surface area contributed by atoms with Crippen molar-refractivity contribution < 1.29 is 37.0 Å². The van der Waals surface area contributed by atoms with Gasteiger partial charge in [-0.2, -0.15) is 0 Å². The zero-order chi connectivity index (χ0) is 24.9. The quantitative estimate of drug-likeness (QED) is 0.412. The number of carbonyl (C=O) groups excluding carboxylic acids is 2. The molecule has 0 spiro atoms. The number of sulfonamides is 1. The maximum absolute atomic E-state index is 13.9. The van der Waals surface area contributed by atoms with E-state index in [1.807, 2.05) is 0 Å². The summed E-state index contributed by atoms with van der Waals surface area (Å²) < 4.78 is 49.8. The van der Waals surface area contributed by atoms with Crippen LogP contribution in [-0.4, -0.2) is 80.6 Å². The number of rotatable bonds is 9. The first kappa shape index (κ1) is 25.6. The molecule has 1 N–H and O–H groups in total. The molecule has 1 aliphatic heterocycles. The van der Waals surface area contributed by atoms with Gasteiger partial charge in [0.1, 0.15) is 30.8 Å². The van der Waals surface area contributed by atoms with E-state index in [0.29, 0.717) is 5.75 Å². The Kier molecular flexibility index (Phi) is 8.24. The van der Waals surface area contributed by atoms with Crippen molar-refractivity contribution >= 4 is 21.9 Å². The van der Waals surface area contributed by atoms with Crippen LogP contribution in [0.25, 0.3) is 0 Å². The van der Waals surface area contributed by atoms with E-state index in [1.165, 1.54) is 61.5 Å². The Morgan fingerprint density at radius 2 is 1.79 bits per heavy atom. The van der Waals surface area contributed by atoms with Crippen LogP contribution >= 0.6 is 0 Å². The second-order valence-electron chi connectivity index (χ2n) is 7.99. The zero-order valence-electron chi connectivity index (χ0n) is 18.9. The van der Waals surface area contributed by atoms with Crippen LogP contribution in [0.15, 0.2) is 53.4 Å². The van der Waals surface area contributed by atoms with Gasteiger partial charge in [0.25, 0.3) is 0 Å². The topological polar surface area (TPSA) is 113 Å². The molecule has 0 radical (unpaired) electrons. The van der Waals surface area contributed by atoms with Gasteiger partial charge in [-0.3, -0.25) is 4.79 Å². The molecule has 1 amide bonds. The summed E-state index contributed by atoms with van der Waals surface area (Å²) in [5, 5.41) is 9.98. The van der Waals surface area contributed by atoms with E-state index in [1.54, 1.807) is 6.07 Å². The number of nitrogens with zero attached hydrogens (tertiary/aromatic N) is 2. The van der Waals surface area contributed by atoms with Crippen molar-refractivity contribution in [3.63, 3.8) is 0 Å². The molecule has 1 aliphatic rings. The summed E-state index contributed by atoms with van der Waals surface area (Å²) in [6.45, 7) is -0.145. The lowest BCUT2D eigenvalue weighted by Gasteiger charge is -2.23. The van der Waals surface area contributed by atoms with Crippen molar-refractivity contribution in [1.82, 2.24) is 9.21 Å². The molecule has 2 aromatic carbocycles. The number of esters is 1. The highest BCUT2D eigenvalue weighted by Crippen LogP contribution is 2.22. The number of amides is 1. The molecule has 184 valence electrons. The number of halogens is 1. The Morgan fingerprint density at radius 3 is 2.44 bits per heavy atom. The molecule has 1 fully saturated rings. The fraction of sp³-hybridized carbons (Fsp3) is 0.391.